The number of benzene rings is 1. The van der Waals surface area contributed by atoms with Gasteiger partial charge in [0.15, 0.2) is 15.6 Å². The molecule has 0 bridgehead atoms. The Morgan fingerprint density at radius 2 is 1.76 bits per heavy atom. The van der Waals surface area contributed by atoms with Crippen molar-refractivity contribution in [3.8, 4) is 0 Å². The van der Waals surface area contributed by atoms with Crippen LogP contribution in [-0.2, 0) is 19.3 Å². The molecular weight excluding hydrogens is 290 g/mol. The number of ether oxygens (including phenoxy) is 2. The highest BCUT2D eigenvalue weighted by Gasteiger charge is 2.44. The number of rotatable bonds is 1. The summed E-state index contributed by atoms with van der Waals surface area (Å²) >= 11 is 0. The summed E-state index contributed by atoms with van der Waals surface area (Å²) in [5.41, 5.74) is 0.946. The van der Waals surface area contributed by atoms with Crippen molar-refractivity contribution in [3.63, 3.8) is 0 Å². The highest BCUT2D eigenvalue weighted by Crippen LogP contribution is 2.40. The van der Waals surface area contributed by atoms with E-state index in [1.165, 1.54) is 0 Å². The van der Waals surface area contributed by atoms with Crippen LogP contribution < -0.4 is 0 Å². The van der Waals surface area contributed by atoms with Gasteiger partial charge in [-0.3, -0.25) is 4.90 Å². The fourth-order valence-corrected chi connectivity index (χ4v) is 5.53. The summed E-state index contributed by atoms with van der Waals surface area (Å²) in [4.78, 5) is 2.77. The van der Waals surface area contributed by atoms with Gasteiger partial charge in [-0.1, -0.05) is 18.2 Å². The van der Waals surface area contributed by atoms with Crippen LogP contribution >= 0.6 is 0 Å². The molecule has 0 N–H and O–H groups in total. The van der Waals surface area contributed by atoms with Gasteiger partial charge in [0.1, 0.15) is 0 Å². The Kier molecular flexibility index (Phi) is 3.11. The lowest BCUT2D eigenvalue weighted by molar-refractivity contribution is -0.187. The van der Waals surface area contributed by atoms with Gasteiger partial charge in [0, 0.05) is 25.9 Å². The van der Waals surface area contributed by atoms with Crippen LogP contribution in [0.3, 0.4) is 0 Å². The predicted molar refractivity (Wildman–Crippen MR) is 76.7 cm³/mol. The van der Waals surface area contributed by atoms with Gasteiger partial charge >= 0.3 is 0 Å². The lowest BCUT2D eigenvalue weighted by Crippen LogP contribution is -2.46. The third-order valence-corrected chi connectivity index (χ3v) is 6.60. The van der Waals surface area contributed by atoms with Crippen molar-refractivity contribution in [2.45, 2.75) is 29.6 Å². The number of hydrogen-bond donors (Lipinski definition) is 0. The van der Waals surface area contributed by atoms with Crippen LogP contribution in [0.4, 0.5) is 0 Å². The smallest absolute Gasteiger partial charge is 0.180 e. The normalized spacial score (nSPS) is 30.6. The lowest BCUT2D eigenvalue weighted by Gasteiger charge is -2.40. The number of piperidine rings is 1. The van der Waals surface area contributed by atoms with E-state index in [0.717, 1.165) is 31.5 Å². The van der Waals surface area contributed by atoms with Crippen LogP contribution in [0.1, 0.15) is 24.4 Å². The third kappa shape index (κ3) is 2.21. The number of sulfone groups is 1. The van der Waals surface area contributed by atoms with Gasteiger partial charge in [0.2, 0.25) is 0 Å². The molecule has 0 unspecified atom stereocenters. The van der Waals surface area contributed by atoms with E-state index >= 15 is 0 Å². The average Bonchev–Trinajstić information content (AvgIpc) is 3.04. The summed E-state index contributed by atoms with van der Waals surface area (Å²) in [5, 5.41) is 0. The number of likely N-dealkylation sites (tertiary alicyclic amines) is 1. The molecular formula is C15H19NO4S. The second-order valence-corrected chi connectivity index (χ2v) is 7.98. The first-order valence-corrected chi connectivity index (χ1v) is 9.09. The summed E-state index contributed by atoms with van der Waals surface area (Å²) in [6.45, 7) is 2.96. The van der Waals surface area contributed by atoms with Crippen LogP contribution in [0.5, 0.6) is 0 Å². The first-order valence-electron chi connectivity index (χ1n) is 7.43. The molecule has 4 rings (SSSR count). The predicted octanol–water partition coefficient (Wildman–Crippen LogP) is 1.35. The molecule has 3 aliphatic rings. The summed E-state index contributed by atoms with van der Waals surface area (Å²) in [6, 6.07) is 7.35. The molecule has 0 aromatic heterocycles. The molecule has 0 radical (unpaired) electrons. The Morgan fingerprint density at radius 3 is 2.48 bits per heavy atom. The van der Waals surface area contributed by atoms with Crippen LogP contribution in [0.15, 0.2) is 29.2 Å². The average molecular weight is 309 g/mol. The molecule has 6 heteroatoms. The zero-order valence-corrected chi connectivity index (χ0v) is 12.6. The molecule has 3 heterocycles. The van der Waals surface area contributed by atoms with Crippen molar-refractivity contribution in [2.75, 3.05) is 32.1 Å². The van der Waals surface area contributed by atoms with E-state index in [-0.39, 0.29) is 11.8 Å². The molecule has 1 aromatic carbocycles. The van der Waals surface area contributed by atoms with Crippen LogP contribution in [-0.4, -0.2) is 51.2 Å². The molecule has 0 amide bonds. The number of fused-ring (bicyclic) bond motifs is 1. The minimum Gasteiger partial charge on any atom is -0.347 e. The summed E-state index contributed by atoms with van der Waals surface area (Å²) < 4.78 is 36.0. The van der Waals surface area contributed by atoms with E-state index in [2.05, 4.69) is 4.90 Å². The molecule has 21 heavy (non-hydrogen) atoms. The lowest BCUT2D eigenvalue weighted by atomic mass is 9.99. The first kappa shape index (κ1) is 13.7. The molecule has 5 nitrogen and oxygen atoms in total. The maximum atomic E-state index is 12.3. The van der Waals surface area contributed by atoms with E-state index in [1.807, 2.05) is 12.1 Å². The fourth-order valence-electron chi connectivity index (χ4n) is 3.69. The van der Waals surface area contributed by atoms with Crippen molar-refractivity contribution >= 4 is 9.84 Å². The van der Waals surface area contributed by atoms with Crippen molar-refractivity contribution < 1.29 is 17.9 Å². The Bertz CT molecular complexity index is 641. The summed E-state index contributed by atoms with van der Waals surface area (Å²) in [5.74, 6) is -0.214. The minimum absolute atomic E-state index is 0.0232. The second-order valence-electron chi connectivity index (χ2n) is 5.98. The van der Waals surface area contributed by atoms with Crippen molar-refractivity contribution in [1.82, 2.24) is 4.90 Å². The topological polar surface area (TPSA) is 55.8 Å². The van der Waals surface area contributed by atoms with Gasteiger partial charge in [0.05, 0.1) is 29.9 Å². The zero-order valence-electron chi connectivity index (χ0n) is 11.8. The molecule has 0 aliphatic carbocycles. The highest BCUT2D eigenvalue weighted by molar-refractivity contribution is 7.91. The summed E-state index contributed by atoms with van der Waals surface area (Å²) in [6.07, 6.45) is 1.62. The second kappa shape index (κ2) is 4.78. The van der Waals surface area contributed by atoms with E-state index in [1.54, 1.807) is 12.1 Å². The van der Waals surface area contributed by atoms with Gasteiger partial charge in [0.25, 0.3) is 0 Å². The SMILES string of the molecule is O=S1(=O)C[C@H](N2CCC3(CC2)OCCO3)c2ccccc21. The molecule has 1 aromatic rings. The van der Waals surface area contributed by atoms with Crippen LogP contribution in [0.2, 0.25) is 0 Å². The standard InChI is InChI=1S/C15H19NO4S/c17-21(18)11-13(12-3-1-2-4-14(12)21)16-7-5-15(6-8-16)19-9-10-20-15/h1-4,13H,5-11H2/t13-/m0/s1. The Labute approximate surface area is 124 Å². The molecule has 114 valence electrons. The quantitative estimate of drug-likeness (QED) is 0.784. The van der Waals surface area contributed by atoms with E-state index in [4.69, 9.17) is 9.47 Å². The third-order valence-electron chi connectivity index (χ3n) is 4.80. The molecule has 1 spiro atoms. The Morgan fingerprint density at radius 1 is 1.10 bits per heavy atom. The Hall–Kier alpha value is -0.950. The highest BCUT2D eigenvalue weighted by atomic mass is 32.2. The van der Waals surface area contributed by atoms with Crippen LogP contribution in [0.25, 0.3) is 0 Å². The molecule has 3 aliphatic heterocycles. The molecule has 0 saturated carbocycles. The largest absolute Gasteiger partial charge is 0.347 e. The van der Waals surface area contributed by atoms with Crippen molar-refractivity contribution in [1.29, 1.82) is 0 Å². The van der Waals surface area contributed by atoms with Gasteiger partial charge in [-0.2, -0.15) is 0 Å². The Balaban J connectivity index is 1.56. The van der Waals surface area contributed by atoms with Crippen molar-refractivity contribution in [2.24, 2.45) is 0 Å². The van der Waals surface area contributed by atoms with E-state index < -0.39 is 15.6 Å². The summed E-state index contributed by atoms with van der Waals surface area (Å²) in [7, 11) is -3.14. The molecule has 2 fully saturated rings. The number of hydrogen-bond acceptors (Lipinski definition) is 5. The van der Waals surface area contributed by atoms with Crippen molar-refractivity contribution in [3.05, 3.63) is 29.8 Å². The van der Waals surface area contributed by atoms with Gasteiger partial charge in [-0.25, -0.2) is 8.42 Å². The van der Waals surface area contributed by atoms with E-state index in [0.29, 0.717) is 18.1 Å². The monoisotopic (exact) mass is 309 g/mol. The van der Waals surface area contributed by atoms with Gasteiger partial charge in [-0.15, -0.1) is 0 Å². The number of nitrogens with zero attached hydrogens (tertiary/aromatic N) is 1. The van der Waals surface area contributed by atoms with Crippen LogP contribution in [0, 0.1) is 0 Å². The maximum Gasteiger partial charge on any atom is 0.180 e. The molecule has 1 atom stereocenters. The zero-order chi connectivity index (χ0) is 14.5. The first-order chi connectivity index (χ1) is 10.1. The van der Waals surface area contributed by atoms with Gasteiger partial charge < -0.3 is 9.47 Å². The molecule has 2 saturated heterocycles. The minimum atomic E-state index is -3.14. The fraction of sp³-hybridized carbons (Fsp3) is 0.600. The van der Waals surface area contributed by atoms with Gasteiger partial charge in [-0.05, 0) is 11.6 Å². The maximum absolute atomic E-state index is 12.3. The van der Waals surface area contributed by atoms with E-state index in [9.17, 15) is 8.42 Å².